The molecule has 1 aromatic heterocycles. The zero-order chi connectivity index (χ0) is 15.0. The number of anilines is 1. The quantitative estimate of drug-likeness (QED) is 0.827. The van der Waals surface area contributed by atoms with Crippen LogP contribution in [0, 0.1) is 0 Å². The summed E-state index contributed by atoms with van der Waals surface area (Å²) in [5.41, 5.74) is 2.43. The summed E-state index contributed by atoms with van der Waals surface area (Å²) in [6, 6.07) is 0.0285. The van der Waals surface area contributed by atoms with Crippen LogP contribution >= 0.6 is 0 Å². The van der Waals surface area contributed by atoms with Crippen LogP contribution in [0.2, 0.25) is 0 Å². The van der Waals surface area contributed by atoms with Crippen LogP contribution in [0.5, 0.6) is 0 Å². The first kappa shape index (κ1) is 14.7. The topological polar surface area (TPSA) is 66.4 Å². The standard InChI is InChI=1S/C14H22N4O2S/c1-17(21(2,19)20)11-5-4-8-18(9-11)14-12-6-3-7-13(12)15-10-16-14/h10-11H,3-9H2,1-2H3. The minimum Gasteiger partial charge on any atom is -0.355 e. The van der Waals surface area contributed by atoms with Gasteiger partial charge in [-0.1, -0.05) is 0 Å². The van der Waals surface area contributed by atoms with Gasteiger partial charge in [0.15, 0.2) is 0 Å². The zero-order valence-electron chi connectivity index (χ0n) is 12.6. The van der Waals surface area contributed by atoms with Gasteiger partial charge >= 0.3 is 0 Å². The number of nitrogens with zero attached hydrogens (tertiary/aromatic N) is 4. The highest BCUT2D eigenvalue weighted by atomic mass is 32.2. The first-order valence-electron chi connectivity index (χ1n) is 7.47. The molecular weight excluding hydrogens is 288 g/mol. The van der Waals surface area contributed by atoms with Crippen molar-refractivity contribution in [2.75, 3.05) is 31.3 Å². The van der Waals surface area contributed by atoms with E-state index in [4.69, 9.17) is 0 Å². The predicted octanol–water partition coefficient (Wildman–Crippen LogP) is 0.826. The maximum atomic E-state index is 11.7. The molecule has 3 rings (SSSR count). The van der Waals surface area contributed by atoms with Gasteiger partial charge in [-0.3, -0.25) is 0 Å². The average Bonchev–Trinajstić information content (AvgIpc) is 2.94. The molecule has 7 heteroatoms. The summed E-state index contributed by atoms with van der Waals surface area (Å²) >= 11 is 0. The Bertz CT molecular complexity index is 632. The number of rotatable bonds is 3. The van der Waals surface area contributed by atoms with Gasteiger partial charge in [0.25, 0.3) is 0 Å². The largest absolute Gasteiger partial charge is 0.355 e. The first-order chi connectivity index (χ1) is 9.97. The number of aryl methyl sites for hydroxylation is 1. The lowest BCUT2D eigenvalue weighted by molar-refractivity contribution is 0.321. The highest BCUT2D eigenvalue weighted by Gasteiger charge is 2.30. The maximum absolute atomic E-state index is 11.7. The number of hydrogen-bond donors (Lipinski definition) is 0. The fourth-order valence-corrected chi connectivity index (χ4v) is 4.04. The highest BCUT2D eigenvalue weighted by Crippen LogP contribution is 2.30. The Balaban J connectivity index is 1.83. The molecule has 1 saturated heterocycles. The molecule has 0 N–H and O–H groups in total. The number of aromatic nitrogens is 2. The molecule has 0 bridgehead atoms. The van der Waals surface area contributed by atoms with Crippen molar-refractivity contribution in [3.05, 3.63) is 17.6 Å². The van der Waals surface area contributed by atoms with Gasteiger partial charge < -0.3 is 4.90 Å². The van der Waals surface area contributed by atoms with Crippen molar-refractivity contribution in [1.82, 2.24) is 14.3 Å². The molecule has 0 spiro atoms. The number of likely N-dealkylation sites (N-methyl/N-ethyl adjacent to an activating group) is 1. The van der Waals surface area contributed by atoms with E-state index in [0.29, 0.717) is 6.54 Å². The summed E-state index contributed by atoms with van der Waals surface area (Å²) < 4.78 is 25.0. The minimum atomic E-state index is -3.15. The van der Waals surface area contributed by atoms with Gasteiger partial charge in [-0.2, -0.15) is 0 Å². The molecule has 2 aliphatic rings. The third-order valence-corrected chi connectivity index (χ3v) is 5.93. The van der Waals surface area contributed by atoms with Crippen molar-refractivity contribution in [3.63, 3.8) is 0 Å². The third kappa shape index (κ3) is 2.89. The van der Waals surface area contributed by atoms with Crippen LogP contribution in [0.3, 0.4) is 0 Å². The van der Waals surface area contributed by atoms with Gasteiger partial charge in [-0.05, 0) is 32.1 Å². The van der Waals surface area contributed by atoms with Crippen LogP contribution in [0.15, 0.2) is 6.33 Å². The Hall–Kier alpha value is -1.21. The van der Waals surface area contributed by atoms with Gasteiger partial charge in [0, 0.05) is 37.4 Å². The van der Waals surface area contributed by atoms with E-state index < -0.39 is 10.0 Å². The van der Waals surface area contributed by atoms with Crippen molar-refractivity contribution in [1.29, 1.82) is 0 Å². The van der Waals surface area contributed by atoms with Crippen molar-refractivity contribution in [3.8, 4) is 0 Å². The van der Waals surface area contributed by atoms with E-state index in [9.17, 15) is 8.42 Å². The van der Waals surface area contributed by atoms with E-state index in [0.717, 1.165) is 44.5 Å². The van der Waals surface area contributed by atoms with Crippen molar-refractivity contribution < 1.29 is 8.42 Å². The summed E-state index contributed by atoms with van der Waals surface area (Å²) in [4.78, 5) is 11.1. The number of hydrogen-bond acceptors (Lipinski definition) is 5. The number of fused-ring (bicyclic) bond motifs is 1. The number of sulfonamides is 1. The predicted molar refractivity (Wildman–Crippen MR) is 81.9 cm³/mol. The molecule has 1 aliphatic carbocycles. The van der Waals surface area contributed by atoms with Gasteiger partial charge in [0.1, 0.15) is 12.1 Å². The molecule has 1 aliphatic heterocycles. The Morgan fingerprint density at radius 2 is 2.10 bits per heavy atom. The summed E-state index contributed by atoms with van der Waals surface area (Å²) in [6.45, 7) is 1.66. The van der Waals surface area contributed by atoms with E-state index in [1.54, 1.807) is 13.4 Å². The van der Waals surface area contributed by atoms with Gasteiger partial charge in [-0.15, -0.1) is 0 Å². The van der Waals surface area contributed by atoms with Gasteiger partial charge in [0.05, 0.1) is 6.26 Å². The lowest BCUT2D eigenvalue weighted by atomic mass is 10.1. The van der Waals surface area contributed by atoms with Crippen LogP contribution in [-0.4, -0.2) is 55.1 Å². The first-order valence-corrected chi connectivity index (χ1v) is 9.32. The molecule has 21 heavy (non-hydrogen) atoms. The summed E-state index contributed by atoms with van der Waals surface area (Å²) in [7, 11) is -1.47. The molecule has 0 saturated carbocycles. The lowest BCUT2D eigenvalue weighted by Crippen LogP contribution is -2.48. The molecule has 116 valence electrons. The molecule has 1 aromatic rings. The molecule has 1 unspecified atom stereocenters. The van der Waals surface area contributed by atoms with Crippen LogP contribution < -0.4 is 4.90 Å². The van der Waals surface area contributed by atoms with Gasteiger partial charge in [-0.25, -0.2) is 22.7 Å². The second-order valence-corrected chi connectivity index (χ2v) is 8.04. The summed E-state index contributed by atoms with van der Waals surface area (Å²) in [5, 5.41) is 0. The van der Waals surface area contributed by atoms with E-state index in [-0.39, 0.29) is 6.04 Å². The number of piperidine rings is 1. The monoisotopic (exact) mass is 310 g/mol. The smallest absolute Gasteiger partial charge is 0.211 e. The highest BCUT2D eigenvalue weighted by molar-refractivity contribution is 7.88. The molecule has 0 amide bonds. The summed E-state index contributed by atoms with van der Waals surface area (Å²) in [6.07, 6.45) is 8.02. The molecular formula is C14H22N4O2S. The fraction of sp³-hybridized carbons (Fsp3) is 0.714. The van der Waals surface area contributed by atoms with E-state index in [1.807, 2.05) is 0 Å². The minimum absolute atomic E-state index is 0.0285. The third-order valence-electron chi connectivity index (χ3n) is 4.59. The molecule has 0 aromatic carbocycles. The second kappa shape index (κ2) is 5.53. The normalized spacial score (nSPS) is 22.6. The van der Waals surface area contributed by atoms with Crippen molar-refractivity contribution >= 4 is 15.8 Å². The summed E-state index contributed by atoms with van der Waals surface area (Å²) in [5.74, 6) is 1.02. The Morgan fingerprint density at radius 1 is 1.29 bits per heavy atom. The Labute approximate surface area is 126 Å². The van der Waals surface area contributed by atoms with E-state index in [1.165, 1.54) is 21.8 Å². The van der Waals surface area contributed by atoms with Crippen LogP contribution in [-0.2, 0) is 22.9 Å². The van der Waals surface area contributed by atoms with Crippen LogP contribution in [0.25, 0.3) is 0 Å². The second-order valence-electron chi connectivity index (χ2n) is 6.00. The molecule has 1 atom stereocenters. The van der Waals surface area contributed by atoms with Gasteiger partial charge in [0.2, 0.25) is 10.0 Å². The Kier molecular flexibility index (Phi) is 3.88. The fourth-order valence-electron chi connectivity index (χ4n) is 3.33. The molecule has 0 radical (unpaired) electrons. The molecule has 2 heterocycles. The molecule has 6 nitrogen and oxygen atoms in total. The zero-order valence-corrected chi connectivity index (χ0v) is 13.4. The molecule has 1 fully saturated rings. The Morgan fingerprint density at radius 3 is 2.86 bits per heavy atom. The van der Waals surface area contributed by atoms with Crippen LogP contribution in [0.1, 0.15) is 30.5 Å². The maximum Gasteiger partial charge on any atom is 0.211 e. The lowest BCUT2D eigenvalue weighted by Gasteiger charge is -2.37. The van der Waals surface area contributed by atoms with Crippen LogP contribution in [0.4, 0.5) is 5.82 Å². The van der Waals surface area contributed by atoms with Crippen molar-refractivity contribution in [2.45, 2.75) is 38.1 Å². The van der Waals surface area contributed by atoms with Crippen molar-refractivity contribution in [2.24, 2.45) is 0 Å². The van der Waals surface area contributed by atoms with E-state index >= 15 is 0 Å². The van der Waals surface area contributed by atoms with E-state index in [2.05, 4.69) is 14.9 Å². The SMILES string of the molecule is CN(C1CCCN(c2ncnc3c2CCC3)C1)S(C)(=O)=O. The average molecular weight is 310 g/mol.